The summed E-state index contributed by atoms with van der Waals surface area (Å²) in [7, 11) is 1.63. The van der Waals surface area contributed by atoms with Crippen molar-refractivity contribution in [2.24, 2.45) is 11.1 Å². The van der Waals surface area contributed by atoms with E-state index in [-0.39, 0.29) is 23.4 Å². The van der Waals surface area contributed by atoms with Crippen LogP contribution in [0.4, 0.5) is 0 Å². The number of amides is 1. The van der Waals surface area contributed by atoms with Crippen LogP contribution in [-0.2, 0) is 16.0 Å². The number of carbonyl (C=O) groups is 1. The first-order chi connectivity index (χ1) is 9.85. The van der Waals surface area contributed by atoms with E-state index in [1.165, 1.54) is 11.3 Å². The maximum atomic E-state index is 12.2. The van der Waals surface area contributed by atoms with Crippen LogP contribution in [0.1, 0.15) is 50.5 Å². The lowest BCUT2D eigenvalue weighted by Crippen LogP contribution is -2.35. The molecule has 0 aromatic carbocycles. The molecular weight excluding hydrogens is 266 g/mol. The third-order valence-electron chi connectivity index (χ3n) is 4.28. The molecule has 1 aromatic heterocycles. The van der Waals surface area contributed by atoms with Gasteiger partial charge in [0, 0.05) is 31.6 Å². The van der Waals surface area contributed by atoms with E-state index in [0.717, 1.165) is 12.8 Å². The highest BCUT2D eigenvalue weighted by molar-refractivity contribution is 5.80. The van der Waals surface area contributed by atoms with E-state index in [0.29, 0.717) is 13.2 Å². The number of nitrogens with zero attached hydrogens (tertiary/aromatic N) is 1. The Kier molecular flexibility index (Phi) is 4.74. The number of nitrogens with two attached hydrogens (primary N) is 1. The van der Waals surface area contributed by atoms with Crippen LogP contribution in [0, 0.1) is 5.41 Å². The zero-order valence-electron chi connectivity index (χ0n) is 13.5. The molecule has 118 valence electrons. The van der Waals surface area contributed by atoms with Crippen molar-refractivity contribution in [2.45, 2.75) is 45.7 Å². The van der Waals surface area contributed by atoms with Crippen LogP contribution in [0.5, 0.6) is 0 Å². The Morgan fingerprint density at radius 1 is 1.62 bits per heavy atom. The van der Waals surface area contributed by atoms with Crippen molar-refractivity contribution >= 4 is 5.91 Å². The highest BCUT2D eigenvalue weighted by Crippen LogP contribution is 2.40. The average Bonchev–Trinajstić information content (AvgIpc) is 2.80. The molecule has 1 aromatic rings. The van der Waals surface area contributed by atoms with Crippen molar-refractivity contribution in [3.8, 4) is 0 Å². The first-order valence-electron chi connectivity index (χ1n) is 7.57. The Balaban J connectivity index is 2.16. The SMILES string of the molecule is COCCNC(=O)C(C)n1ccc2c1CC(C)(C)CC2N. The molecule has 3 N–H and O–H groups in total. The van der Waals surface area contributed by atoms with Crippen LogP contribution >= 0.6 is 0 Å². The molecule has 1 heterocycles. The number of fused-ring (bicyclic) bond motifs is 1. The predicted octanol–water partition coefficient (Wildman–Crippen LogP) is 1.78. The standard InChI is InChI=1S/C16H27N3O2/c1-11(15(20)18-6-8-21-4)19-7-5-12-13(17)9-16(2,3)10-14(12)19/h5,7,11,13H,6,8-10,17H2,1-4H3,(H,18,20). The van der Waals surface area contributed by atoms with Gasteiger partial charge in [-0.3, -0.25) is 4.79 Å². The van der Waals surface area contributed by atoms with E-state index in [2.05, 4.69) is 29.8 Å². The molecule has 2 atom stereocenters. The van der Waals surface area contributed by atoms with E-state index < -0.39 is 0 Å². The van der Waals surface area contributed by atoms with Gasteiger partial charge in [-0.15, -0.1) is 0 Å². The van der Waals surface area contributed by atoms with Crippen molar-refractivity contribution in [1.29, 1.82) is 0 Å². The quantitative estimate of drug-likeness (QED) is 0.813. The van der Waals surface area contributed by atoms with Gasteiger partial charge in [0.15, 0.2) is 0 Å². The molecule has 0 saturated carbocycles. The minimum atomic E-state index is -0.230. The number of carbonyl (C=O) groups excluding carboxylic acids is 1. The molecule has 21 heavy (non-hydrogen) atoms. The van der Waals surface area contributed by atoms with Gasteiger partial charge in [0.1, 0.15) is 6.04 Å². The molecule has 0 aliphatic heterocycles. The summed E-state index contributed by atoms with van der Waals surface area (Å²) in [5.41, 5.74) is 8.84. The highest BCUT2D eigenvalue weighted by atomic mass is 16.5. The Bertz CT molecular complexity index is 508. The summed E-state index contributed by atoms with van der Waals surface area (Å²) < 4.78 is 7.02. The highest BCUT2D eigenvalue weighted by Gasteiger charge is 2.33. The zero-order valence-corrected chi connectivity index (χ0v) is 13.5. The second-order valence-electron chi connectivity index (χ2n) is 6.74. The Morgan fingerprint density at radius 2 is 2.33 bits per heavy atom. The topological polar surface area (TPSA) is 69.3 Å². The lowest BCUT2D eigenvalue weighted by molar-refractivity contribution is -0.124. The van der Waals surface area contributed by atoms with Crippen LogP contribution in [0.3, 0.4) is 0 Å². The van der Waals surface area contributed by atoms with Crippen LogP contribution in [-0.4, -0.2) is 30.7 Å². The Morgan fingerprint density at radius 3 is 3.00 bits per heavy atom. The smallest absolute Gasteiger partial charge is 0.242 e. The zero-order chi connectivity index (χ0) is 15.6. The van der Waals surface area contributed by atoms with Gasteiger partial charge in [-0.05, 0) is 36.8 Å². The van der Waals surface area contributed by atoms with Crippen LogP contribution in [0.25, 0.3) is 0 Å². The van der Waals surface area contributed by atoms with Crippen LogP contribution in [0.15, 0.2) is 12.3 Å². The van der Waals surface area contributed by atoms with Gasteiger partial charge < -0.3 is 20.4 Å². The van der Waals surface area contributed by atoms with Gasteiger partial charge in [-0.1, -0.05) is 13.8 Å². The lowest BCUT2D eigenvalue weighted by atomic mass is 9.74. The first kappa shape index (κ1) is 16.0. The number of hydrogen-bond donors (Lipinski definition) is 2. The van der Waals surface area contributed by atoms with E-state index in [1.54, 1.807) is 7.11 Å². The molecule has 2 rings (SSSR count). The fourth-order valence-corrected chi connectivity index (χ4v) is 3.17. The van der Waals surface area contributed by atoms with E-state index in [4.69, 9.17) is 10.5 Å². The van der Waals surface area contributed by atoms with Crippen molar-refractivity contribution in [3.63, 3.8) is 0 Å². The molecule has 0 bridgehead atoms. The van der Waals surface area contributed by atoms with Gasteiger partial charge in [-0.2, -0.15) is 0 Å². The summed E-state index contributed by atoms with van der Waals surface area (Å²) in [4.78, 5) is 12.2. The van der Waals surface area contributed by atoms with Gasteiger partial charge in [-0.25, -0.2) is 0 Å². The summed E-state index contributed by atoms with van der Waals surface area (Å²) in [6, 6.07) is 1.90. The monoisotopic (exact) mass is 293 g/mol. The van der Waals surface area contributed by atoms with E-state index >= 15 is 0 Å². The predicted molar refractivity (Wildman–Crippen MR) is 83.1 cm³/mol. The minimum Gasteiger partial charge on any atom is -0.383 e. The molecule has 1 aliphatic carbocycles. The summed E-state index contributed by atoms with van der Waals surface area (Å²) in [5, 5.41) is 2.89. The van der Waals surface area contributed by atoms with Gasteiger partial charge in [0.2, 0.25) is 5.91 Å². The number of rotatable bonds is 5. The average molecular weight is 293 g/mol. The second-order valence-corrected chi connectivity index (χ2v) is 6.74. The van der Waals surface area contributed by atoms with Crippen molar-refractivity contribution in [3.05, 3.63) is 23.5 Å². The molecule has 1 aliphatic rings. The van der Waals surface area contributed by atoms with Crippen LogP contribution < -0.4 is 11.1 Å². The first-order valence-corrected chi connectivity index (χ1v) is 7.57. The van der Waals surface area contributed by atoms with E-state index in [1.807, 2.05) is 13.1 Å². The van der Waals surface area contributed by atoms with E-state index in [9.17, 15) is 4.79 Å². The van der Waals surface area contributed by atoms with Crippen molar-refractivity contribution < 1.29 is 9.53 Å². The molecule has 0 saturated heterocycles. The molecule has 0 spiro atoms. The number of aromatic nitrogens is 1. The molecule has 1 amide bonds. The summed E-state index contributed by atoms with van der Waals surface area (Å²) in [5.74, 6) is 0.0161. The Labute approximate surface area is 126 Å². The van der Waals surface area contributed by atoms with Crippen LogP contribution in [0.2, 0.25) is 0 Å². The number of nitrogens with one attached hydrogen (secondary N) is 1. The maximum Gasteiger partial charge on any atom is 0.242 e. The molecule has 5 nitrogen and oxygen atoms in total. The van der Waals surface area contributed by atoms with Gasteiger partial charge in [0.25, 0.3) is 0 Å². The largest absolute Gasteiger partial charge is 0.383 e. The summed E-state index contributed by atoms with van der Waals surface area (Å²) in [6.45, 7) is 7.46. The molecule has 5 heteroatoms. The summed E-state index contributed by atoms with van der Waals surface area (Å²) in [6.07, 6.45) is 3.93. The van der Waals surface area contributed by atoms with Crippen molar-refractivity contribution in [2.75, 3.05) is 20.3 Å². The lowest BCUT2D eigenvalue weighted by Gasteiger charge is -2.35. The number of ether oxygens (including phenoxy) is 1. The third kappa shape index (κ3) is 3.47. The Hall–Kier alpha value is -1.33. The molecular formula is C16H27N3O2. The number of hydrogen-bond acceptors (Lipinski definition) is 3. The third-order valence-corrected chi connectivity index (χ3v) is 4.28. The number of methoxy groups -OCH3 is 1. The molecule has 0 fully saturated rings. The minimum absolute atomic E-state index is 0.0161. The fourth-order valence-electron chi connectivity index (χ4n) is 3.17. The van der Waals surface area contributed by atoms with Gasteiger partial charge >= 0.3 is 0 Å². The summed E-state index contributed by atoms with van der Waals surface area (Å²) >= 11 is 0. The van der Waals surface area contributed by atoms with Gasteiger partial charge in [0.05, 0.1) is 6.61 Å². The molecule has 2 unspecified atom stereocenters. The fraction of sp³-hybridized carbons (Fsp3) is 0.688. The maximum absolute atomic E-state index is 12.2. The van der Waals surface area contributed by atoms with Crippen molar-refractivity contribution in [1.82, 2.24) is 9.88 Å². The second kappa shape index (κ2) is 6.20. The normalized spacial score (nSPS) is 21.7. The molecule has 0 radical (unpaired) electrons.